The predicted octanol–water partition coefficient (Wildman–Crippen LogP) is 0.381. The minimum absolute atomic E-state index is 0.156. The second-order valence-corrected chi connectivity index (χ2v) is 3.66. The highest BCUT2D eigenvalue weighted by molar-refractivity contribution is 4.53. The summed E-state index contributed by atoms with van der Waals surface area (Å²) in [5, 5.41) is 34.7. The predicted molar refractivity (Wildman–Crippen MR) is 53.6 cm³/mol. The van der Waals surface area contributed by atoms with E-state index in [1.54, 1.807) is 0 Å². The molecule has 0 aromatic rings. The van der Waals surface area contributed by atoms with Crippen molar-refractivity contribution in [2.24, 2.45) is 0 Å². The Labute approximate surface area is 85.2 Å². The maximum absolute atomic E-state index is 9.02. The first-order chi connectivity index (χ1) is 6.66. The van der Waals surface area contributed by atoms with E-state index < -0.39 is 12.4 Å². The Bertz CT molecular complexity index is 117. The summed E-state index contributed by atoms with van der Waals surface area (Å²) in [4.78, 5) is 0. The quantitative estimate of drug-likeness (QED) is 0.325. The van der Waals surface area contributed by atoms with Gasteiger partial charge in [0.1, 0.15) is 0 Å². The molecule has 0 rings (SSSR count). The molecule has 0 saturated carbocycles. The number of rotatable bonds is 9. The lowest BCUT2D eigenvalue weighted by molar-refractivity contribution is -0.0466. The Morgan fingerprint density at radius 2 is 1.21 bits per heavy atom. The second kappa shape index (κ2) is 9.40. The van der Waals surface area contributed by atoms with Gasteiger partial charge in [-0.3, -0.25) is 0 Å². The van der Waals surface area contributed by atoms with E-state index in [0.717, 1.165) is 32.1 Å². The fourth-order valence-electron chi connectivity index (χ4n) is 1.33. The Balaban J connectivity index is 2.99. The first-order valence-corrected chi connectivity index (χ1v) is 5.32. The standard InChI is InChI=1S/C10H22O4/c11-8-9(12)6-4-2-1-3-5-7-10(13)14/h9-14H,1-8H2. The largest absolute Gasteiger partial charge is 0.394 e. The van der Waals surface area contributed by atoms with Crippen molar-refractivity contribution in [3.8, 4) is 0 Å². The molecule has 0 aliphatic heterocycles. The molecule has 4 nitrogen and oxygen atoms in total. The van der Waals surface area contributed by atoms with Crippen LogP contribution in [0, 0.1) is 0 Å². The molecule has 4 N–H and O–H groups in total. The van der Waals surface area contributed by atoms with Gasteiger partial charge in [0.05, 0.1) is 12.7 Å². The topological polar surface area (TPSA) is 80.9 Å². The van der Waals surface area contributed by atoms with E-state index in [0.29, 0.717) is 12.8 Å². The molecule has 0 heterocycles. The molecule has 0 aliphatic rings. The Kier molecular flexibility index (Phi) is 9.29. The molecule has 0 spiro atoms. The van der Waals surface area contributed by atoms with Gasteiger partial charge >= 0.3 is 0 Å². The van der Waals surface area contributed by atoms with Crippen molar-refractivity contribution in [3.63, 3.8) is 0 Å². The summed E-state index contributed by atoms with van der Waals surface area (Å²) in [5.41, 5.74) is 0. The van der Waals surface area contributed by atoms with E-state index in [-0.39, 0.29) is 6.61 Å². The van der Waals surface area contributed by atoms with Crippen LogP contribution in [0.1, 0.15) is 44.9 Å². The van der Waals surface area contributed by atoms with Crippen LogP contribution >= 0.6 is 0 Å². The lowest BCUT2D eigenvalue weighted by atomic mass is 10.1. The summed E-state index contributed by atoms with van der Waals surface area (Å²) < 4.78 is 0. The van der Waals surface area contributed by atoms with Crippen LogP contribution in [0.15, 0.2) is 0 Å². The monoisotopic (exact) mass is 206 g/mol. The molecule has 0 aliphatic carbocycles. The van der Waals surface area contributed by atoms with Crippen LogP contribution in [0.2, 0.25) is 0 Å². The van der Waals surface area contributed by atoms with Crippen molar-refractivity contribution < 1.29 is 20.4 Å². The molecule has 0 fully saturated rings. The normalized spacial score (nSPS) is 13.5. The summed E-state index contributed by atoms with van der Waals surface area (Å²) in [6.45, 7) is -0.156. The summed E-state index contributed by atoms with van der Waals surface area (Å²) in [6, 6.07) is 0. The van der Waals surface area contributed by atoms with Crippen LogP contribution in [-0.4, -0.2) is 39.4 Å². The molecule has 0 saturated heterocycles. The number of hydrogen-bond donors (Lipinski definition) is 4. The molecular weight excluding hydrogens is 184 g/mol. The highest BCUT2D eigenvalue weighted by Crippen LogP contribution is 2.09. The van der Waals surface area contributed by atoms with Crippen molar-refractivity contribution in [1.29, 1.82) is 0 Å². The highest BCUT2D eigenvalue weighted by atomic mass is 16.5. The van der Waals surface area contributed by atoms with E-state index in [9.17, 15) is 0 Å². The van der Waals surface area contributed by atoms with E-state index in [4.69, 9.17) is 20.4 Å². The maximum Gasteiger partial charge on any atom is 0.151 e. The third kappa shape index (κ3) is 9.92. The third-order valence-electron chi connectivity index (χ3n) is 2.21. The zero-order valence-corrected chi connectivity index (χ0v) is 8.60. The maximum atomic E-state index is 9.02. The van der Waals surface area contributed by atoms with Crippen LogP contribution in [0.5, 0.6) is 0 Å². The molecule has 14 heavy (non-hydrogen) atoms. The van der Waals surface area contributed by atoms with Crippen LogP contribution < -0.4 is 0 Å². The average molecular weight is 206 g/mol. The van der Waals surface area contributed by atoms with E-state index in [2.05, 4.69) is 0 Å². The van der Waals surface area contributed by atoms with Gasteiger partial charge in [-0.1, -0.05) is 25.7 Å². The molecular formula is C10H22O4. The average Bonchev–Trinajstić information content (AvgIpc) is 2.15. The van der Waals surface area contributed by atoms with E-state index >= 15 is 0 Å². The molecule has 0 aromatic heterocycles. The minimum Gasteiger partial charge on any atom is -0.394 e. The summed E-state index contributed by atoms with van der Waals surface area (Å²) in [5.74, 6) is 0. The summed E-state index contributed by atoms with van der Waals surface area (Å²) >= 11 is 0. The second-order valence-electron chi connectivity index (χ2n) is 3.66. The Hall–Kier alpha value is -0.160. The van der Waals surface area contributed by atoms with Gasteiger partial charge in [-0.05, 0) is 19.3 Å². The van der Waals surface area contributed by atoms with Gasteiger partial charge in [0.2, 0.25) is 0 Å². The van der Waals surface area contributed by atoms with E-state index in [1.165, 1.54) is 0 Å². The molecule has 1 unspecified atom stereocenters. The number of unbranched alkanes of at least 4 members (excludes halogenated alkanes) is 4. The molecule has 0 radical (unpaired) electrons. The van der Waals surface area contributed by atoms with Crippen molar-refractivity contribution >= 4 is 0 Å². The van der Waals surface area contributed by atoms with Gasteiger partial charge in [0, 0.05) is 0 Å². The Morgan fingerprint density at radius 1 is 0.714 bits per heavy atom. The fourth-order valence-corrected chi connectivity index (χ4v) is 1.33. The Morgan fingerprint density at radius 3 is 1.71 bits per heavy atom. The van der Waals surface area contributed by atoms with Gasteiger partial charge < -0.3 is 20.4 Å². The summed E-state index contributed by atoms with van der Waals surface area (Å²) in [6.07, 6.45) is 4.17. The van der Waals surface area contributed by atoms with E-state index in [1.807, 2.05) is 0 Å². The van der Waals surface area contributed by atoms with Crippen LogP contribution in [0.3, 0.4) is 0 Å². The van der Waals surface area contributed by atoms with Crippen LogP contribution in [0.25, 0.3) is 0 Å². The van der Waals surface area contributed by atoms with Crippen molar-refractivity contribution in [2.75, 3.05) is 6.61 Å². The fraction of sp³-hybridized carbons (Fsp3) is 1.00. The van der Waals surface area contributed by atoms with Crippen LogP contribution in [-0.2, 0) is 0 Å². The number of aliphatic hydroxyl groups is 4. The minimum atomic E-state index is -1.17. The smallest absolute Gasteiger partial charge is 0.151 e. The zero-order chi connectivity index (χ0) is 10.8. The molecule has 0 bridgehead atoms. The van der Waals surface area contributed by atoms with Gasteiger partial charge in [0.25, 0.3) is 0 Å². The van der Waals surface area contributed by atoms with Gasteiger partial charge in [0.15, 0.2) is 6.29 Å². The first kappa shape index (κ1) is 13.8. The number of aliphatic hydroxyl groups excluding tert-OH is 3. The zero-order valence-electron chi connectivity index (χ0n) is 8.60. The molecule has 1 atom stereocenters. The van der Waals surface area contributed by atoms with Gasteiger partial charge in [-0.15, -0.1) is 0 Å². The van der Waals surface area contributed by atoms with Crippen LogP contribution in [0.4, 0.5) is 0 Å². The first-order valence-electron chi connectivity index (χ1n) is 5.32. The molecule has 0 amide bonds. The van der Waals surface area contributed by atoms with Crippen molar-refractivity contribution in [2.45, 2.75) is 57.3 Å². The highest BCUT2D eigenvalue weighted by Gasteiger charge is 2.01. The lowest BCUT2D eigenvalue weighted by Crippen LogP contribution is -2.11. The third-order valence-corrected chi connectivity index (χ3v) is 2.21. The lowest BCUT2D eigenvalue weighted by Gasteiger charge is -2.06. The number of hydrogen-bond acceptors (Lipinski definition) is 4. The SMILES string of the molecule is OCC(O)CCCCCCCC(O)O. The van der Waals surface area contributed by atoms with Gasteiger partial charge in [-0.25, -0.2) is 0 Å². The van der Waals surface area contributed by atoms with Crippen molar-refractivity contribution in [3.05, 3.63) is 0 Å². The molecule has 4 heteroatoms. The van der Waals surface area contributed by atoms with Gasteiger partial charge in [-0.2, -0.15) is 0 Å². The molecule has 86 valence electrons. The molecule has 0 aromatic carbocycles. The summed E-state index contributed by atoms with van der Waals surface area (Å²) in [7, 11) is 0. The van der Waals surface area contributed by atoms with Crippen molar-refractivity contribution in [1.82, 2.24) is 0 Å².